The molecule has 3 nitrogen and oxygen atoms in total. The summed E-state index contributed by atoms with van der Waals surface area (Å²) in [5.41, 5.74) is 8.05. The minimum atomic E-state index is 0.754. The van der Waals surface area contributed by atoms with Gasteiger partial charge < -0.3 is 15.6 Å². The number of hydrogen-bond donors (Lipinski definition) is 2. The van der Waals surface area contributed by atoms with Crippen molar-refractivity contribution in [2.24, 2.45) is 5.73 Å². The predicted molar refractivity (Wildman–Crippen MR) is 76.0 cm³/mol. The highest BCUT2D eigenvalue weighted by Gasteiger charge is 2.06. The van der Waals surface area contributed by atoms with Crippen molar-refractivity contribution < 1.29 is 0 Å². The first-order valence-corrected chi connectivity index (χ1v) is 6.64. The van der Waals surface area contributed by atoms with Gasteiger partial charge >= 0.3 is 0 Å². The summed E-state index contributed by atoms with van der Waals surface area (Å²) in [5, 5.41) is 1.29. The topological polar surface area (TPSA) is 45.0 Å². The molecular formula is C13H18BrN3. The third-order valence-electron chi connectivity index (χ3n) is 2.91. The van der Waals surface area contributed by atoms with E-state index in [0.29, 0.717) is 0 Å². The monoisotopic (exact) mass is 295 g/mol. The molecule has 0 radical (unpaired) electrons. The number of H-pyrrole nitrogens is 1. The third kappa shape index (κ3) is 3.09. The molecule has 0 aliphatic heterocycles. The number of nitrogens with zero attached hydrogens (tertiary/aromatic N) is 1. The van der Waals surface area contributed by atoms with Crippen LogP contribution in [0.25, 0.3) is 10.9 Å². The van der Waals surface area contributed by atoms with E-state index in [0.717, 1.165) is 30.5 Å². The second kappa shape index (κ2) is 5.67. The molecule has 2 rings (SSSR count). The molecule has 0 saturated heterocycles. The first kappa shape index (κ1) is 12.6. The van der Waals surface area contributed by atoms with Gasteiger partial charge in [0.25, 0.3) is 0 Å². The van der Waals surface area contributed by atoms with Gasteiger partial charge in [0.15, 0.2) is 0 Å². The number of halogens is 1. The van der Waals surface area contributed by atoms with Crippen LogP contribution in [0.15, 0.2) is 28.9 Å². The average molecular weight is 296 g/mol. The Morgan fingerprint density at radius 2 is 2.24 bits per heavy atom. The summed E-state index contributed by atoms with van der Waals surface area (Å²) in [6.07, 6.45) is 3.14. The Hall–Kier alpha value is -0.840. The van der Waals surface area contributed by atoms with Gasteiger partial charge in [-0.3, -0.25) is 0 Å². The highest BCUT2D eigenvalue weighted by molar-refractivity contribution is 9.10. The second-order valence-corrected chi connectivity index (χ2v) is 5.30. The van der Waals surface area contributed by atoms with E-state index >= 15 is 0 Å². The van der Waals surface area contributed by atoms with Crippen LogP contribution in [-0.2, 0) is 6.54 Å². The molecule has 92 valence electrons. The van der Waals surface area contributed by atoms with E-state index in [1.807, 2.05) is 0 Å². The highest BCUT2D eigenvalue weighted by Crippen LogP contribution is 2.23. The number of rotatable bonds is 5. The lowest BCUT2D eigenvalue weighted by Gasteiger charge is -2.15. The van der Waals surface area contributed by atoms with Crippen LogP contribution in [0.2, 0.25) is 0 Å². The summed E-state index contributed by atoms with van der Waals surface area (Å²) in [6, 6.07) is 6.32. The van der Waals surface area contributed by atoms with Gasteiger partial charge in [0.1, 0.15) is 0 Å². The average Bonchev–Trinajstić information content (AvgIpc) is 2.69. The molecule has 1 aromatic carbocycles. The van der Waals surface area contributed by atoms with Gasteiger partial charge in [-0.15, -0.1) is 0 Å². The van der Waals surface area contributed by atoms with Crippen LogP contribution in [-0.4, -0.2) is 30.0 Å². The Balaban J connectivity index is 2.15. The Bertz CT molecular complexity index is 492. The lowest BCUT2D eigenvalue weighted by molar-refractivity contribution is 0.325. The Morgan fingerprint density at radius 1 is 1.41 bits per heavy atom. The standard InChI is InChI=1S/C13H18BrN3/c1-17(6-2-5-15)9-10-8-16-13-4-3-11(14)7-12(10)13/h3-4,7-8,16H,2,5-6,9,15H2,1H3. The van der Waals surface area contributed by atoms with Gasteiger partial charge in [-0.2, -0.15) is 0 Å². The maximum Gasteiger partial charge on any atom is 0.0458 e. The molecule has 0 spiro atoms. The number of hydrogen-bond acceptors (Lipinski definition) is 2. The predicted octanol–water partition coefficient (Wildman–Crippen LogP) is 2.71. The van der Waals surface area contributed by atoms with Crippen molar-refractivity contribution in [3.05, 3.63) is 34.4 Å². The minimum Gasteiger partial charge on any atom is -0.361 e. The molecule has 0 atom stereocenters. The van der Waals surface area contributed by atoms with Crippen molar-refractivity contribution in [2.45, 2.75) is 13.0 Å². The van der Waals surface area contributed by atoms with Crippen LogP contribution < -0.4 is 5.73 Å². The smallest absolute Gasteiger partial charge is 0.0458 e. The molecule has 0 aliphatic carbocycles. The first-order chi connectivity index (χ1) is 8.20. The number of aromatic amines is 1. The maximum absolute atomic E-state index is 5.52. The molecule has 2 aromatic rings. The summed E-state index contributed by atoms with van der Waals surface area (Å²) in [7, 11) is 2.13. The first-order valence-electron chi connectivity index (χ1n) is 5.85. The van der Waals surface area contributed by atoms with Crippen molar-refractivity contribution in [1.29, 1.82) is 0 Å². The summed E-state index contributed by atoms with van der Waals surface area (Å²) in [5.74, 6) is 0. The van der Waals surface area contributed by atoms with E-state index in [2.05, 4.69) is 57.3 Å². The van der Waals surface area contributed by atoms with E-state index in [9.17, 15) is 0 Å². The Labute approximate surface area is 110 Å². The van der Waals surface area contributed by atoms with Gasteiger partial charge in [0.05, 0.1) is 0 Å². The molecule has 0 aliphatic rings. The fraction of sp³-hybridized carbons (Fsp3) is 0.385. The van der Waals surface area contributed by atoms with Crippen LogP contribution in [0.4, 0.5) is 0 Å². The molecule has 0 unspecified atom stereocenters. The van der Waals surface area contributed by atoms with Gasteiger partial charge in [0, 0.05) is 28.1 Å². The van der Waals surface area contributed by atoms with E-state index in [-0.39, 0.29) is 0 Å². The van der Waals surface area contributed by atoms with Crippen LogP contribution in [0.5, 0.6) is 0 Å². The minimum absolute atomic E-state index is 0.754. The van der Waals surface area contributed by atoms with Crippen molar-refractivity contribution >= 4 is 26.8 Å². The van der Waals surface area contributed by atoms with Gasteiger partial charge in [-0.05, 0) is 50.3 Å². The van der Waals surface area contributed by atoms with E-state index in [4.69, 9.17) is 5.73 Å². The zero-order valence-corrected chi connectivity index (χ0v) is 11.6. The molecule has 1 aromatic heterocycles. The fourth-order valence-electron chi connectivity index (χ4n) is 2.01. The quantitative estimate of drug-likeness (QED) is 0.891. The van der Waals surface area contributed by atoms with Crippen molar-refractivity contribution in [3.63, 3.8) is 0 Å². The number of aromatic nitrogens is 1. The largest absolute Gasteiger partial charge is 0.361 e. The third-order valence-corrected chi connectivity index (χ3v) is 3.41. The molecule has 0 fully saturated rings. The lowest BCUT2D eigenvalue weighted by Crippen LogP contribution is -2.21. The van der Waals surface area contributed by atoms with Crippen LogP contribution in [0.1, 0.15) is 12.0 Å². The summed E-state index contributed by atoms with van der Waals surface area (Å²) in [4.78, 5) is 5.61. The number of fused-ring (bicyclic) bond motifs is 1. The summed E-state index contributed by atoms with van der Waals surface area (Å²) < 4.78 is 1.12. The zero-order chi connectivity index (χ0) is 12.3. The molecule has 0 saturated carbocycles. The van der Waals surface area contributed by atoms with Crippen molar-refractivity contribution in [2.75, 3.05) is 20.1 Å². The number of nitrogens with two attached hydrogens (primary N) is 1. The molecular weight excluding hydrogens is 278 g/mol. The Morgan fingerprint density at radius 3 is 3.00 bits per heavy atom. The zero-order valence-electron chi connectivity index (χ0n) is 10.0. The summed E-state index contributed by atoms with van der Waals surface area (Å²) >= 11 is 3.52. The molecule has 0 bridgehead atoms. The van der Waals surface area contributed by atoms with E-state index < -0.39 is 0 Å². The normalized spacial score (nSPS) is 11.5. The molecule has 3 N–H and O–H groups in total. The highest BCUT2D eigenvalue weighted by atomic mass is 79.9. The van der Waals surface area contributed by atoms with Crippen LogP contribution in [0, 0.1) is 0 Å². The SMILES string of the molecule is CN(CCCN)Cc1c[nH]c2ccc(Br)cc12. The summed E-state index contributed by atoms with van der Waals surface area (Å²) in [6.45, 7) is 2.75. The molecule has 4 heteroatoms. The van der Waals surface area contributed by atoms with E-state index in [1.54, 1.807) is 0 Å². The molecule has 17 heavy (non-hydrogen) atoms. The molecule has 0 amide bonds. The van der Waals surface area contributed by atoms with E-state index in [1.165, 1.54) is 16.5 Å². The molecule has 1 heterocycles. The Kier molecular flexibility index (Phi) is 4.20. The van der Waals surface area contributed by atoms with Crippen LogP contribution in [0.3, 0.4) is 0 Å². The lowest BCUT2D eigenvalue weighted by atomic mass is 10.1. The maximum atomic E-state index is 5.52. The van der Waals surface area contributed by atoms with Gasteiger partial charge in [0.2, 0.25) is 0 Å². The van der Waals surface area contributed by atoms with Crippen LogP contribution >= 0.6 is 15.9 Å². The van der Waals surface area contributed by atoms with Crippen molar-refractivity contribution in [3.8, 4) is 0 Å². The van der Waals surface area contributed by atoms with Gasteiger partial charge in [-0.1, -0.05) is 15.9 Å². The number of nitrogens with one attached hydrogen (secondary N) is 1. The second-order valence-electron chi connectivity index (χ2n) is 4.38. The van der Waals surface area contributed by atoms with Gasteiger partial charge in [-0.25, -0.2) is 0 Å². The fourth-order valence-corrected chi connectivity index (χ4v) is 2.37. The number of benzene rings is 1. The van der Waals surface area contributed by atoms with Crippen molar-refractivity contribution in [1.82, 2.24) is 9.88 Å².